The van der Waals surface area contributed by atoms with Gasteiger partial charge in [-0.25, -0.2) is 0 Å². The molecule has 104 valence electrons. The molecular formula is C14H16N4OS. The minimum atomic E-state index is -0.150. The molecule has 20 heavy (non-hydrogen) atoms. The molecule has 2 rings (SSSR count). The van der Waals surface area contributed by atoms with E-state index >= 15 is 0 Å². The van der Waals surface area contributed by atoms with Crippen LogP contribution in [0.1, 0.15) is 27.9 Å². The number of fused-ring (bicyclic) bond motifs is 1. The van der Waals surface area contributed by atoms with Gasteiger partial charge >= 0.3 is 0 Å². The fraction of sp³-hybridized carbons (Fsp3) is 0.357. The lowest BCUT2D eigenvalue weighted by Gasteiger charge is -2.17. The number of amides is 1. The zero-order valence-electron chi connectivity index (χ0n) is 11.7. The summed E-state index contributed by atoms with van der Waals surface area (Å²) in [6.07, 6.45) is 5.28. The van der Waals surface area contributed by atoms with Crippen LogP contribution in [-0.2, 0) is 0 Å². The zero-order valence-corrected chi connectivity index (χ0v) is 12.5. The molecule has 0 saturated carbocycles. The number of aryl methyl sites for hydroxylation is 2. The van der Waals surface area contributed by atoms with Crippen LogP contribution >= 0.6 is 11.3 Å². The number of carbonyl (C=O) groups is 1. The summed E-state index contributed by atoms with van der Waals surface area (Å²) in [5.41, 5.74) is 8.39. The van der Waals surface area contributed by atoms with Gasteiger partial charge in [-0.05, 0) is 26.3 Å². The van der Waals surface area contributed by atoms with E-state index in [4.69, 9.17) is 12.2 Å². The number of nitrogens with two attached hydrogens (primary N) is 1. The fourth-order valence-electron chi connectivity index (χ4n) is 1.98. The van der Waals surface area contributed by atoms with Gasteiger partial charge in [0.2, 0.25) is 0 Å². The van der Waals surface area contributed by atoms with Crippen molar-refractivity contribution < 1.29 is 4.79 Å². The van der Waals surface area contributed by atoms with Crippen LogP contribution in [0.4, 0.5) is 5.69 Å². The molecule has 2 aromatic rings. The van der Waals surface area contributed by atoms with Gasteiger partial charge in [0.25, 0.3) is 5.91 Å². The molecule has 0 aliphatic carbocycles. The number of hydrogen-bond donors (Lipinski definition) is 1. The van der Waals surface area contributed by atoms with Crippen molar-refractivity contribution in [3.63, 3.8) is 0 Å². The van der Waals surface area contributed by atoms with Crippen molar-refractivity contribution in [2.75, 3.05) is 18.8 Å². The van der Waals surface area contributed by atoms with E-state index in [1.807, 2.05) is 20.8 Å². The smallest absolute Gasteiger partial charge is 0.266 e. The molecule has 0 aromatic carbocycles. The topological polar surface area (TPSA) is 72.1 Å². The van der Waals surface area contributed by atoms with Crippen LogP contribution in [0.15, 0.2) is 0 Å². The highest BCUT2D eigenvalue weighted by Crippen LogP contribution is 2.35. The molecule has 1 amide bonds. The Bertz CT molecular complexity index is 714. The van der Waals surface area contributed by atoms with Crippen LogP contribution < -0.4 is 5.73 Å². The summed E-state index contributed by atoms with van der Waals surface area (Å²) >= 11 is 1.27. The van der Waals surface area contributed by atoms with Gasteiger partial charge in [0, 0.05) is 11.9 Å². The second-order valence-corrected chi connectivity index (χ2v) is 5.46. The SMILES string of the molecule is C#CCN(CC)C(=O)c1sc2nnc(C)c(C)c2c1N. The molecule has 0 spiro atoms. The molecule has 0 bridgehead atoms. The maximum Gasteiger partial charge on any atom is 0.266 e. The maximum atomic E-state index is 12.5. The lowest BCUT2D eigenvalue weighted by molar-refractivity contribution is 0.0790. The average molecular weight is 288 g/mol. The quantitative estimate of drug-likeness (QED) is 0.877. The van der Waals surface area contributed by atoms with Gasteiger partial charge in [-0.2, -0.15) is 5.10 Å². The van der Waals surface area contributed by atoms with Crippen molar-refractivity contribution in [2.45, 2.75) is 20.8 Å². The van der Waals surface area contributed by atoms with Gasteiger partial charge in [-0.15, -0.1) is 22.9 Å². The van der Waals surface area contributed by atoms with E-state index in [2.05, 4.69) is 16.1 Å². The molecule has 0 saturated heterocycles. The van der Waals surface area contributed by atoms with Gasteiger partial charge in [-0.3, -0.25) is 4.79 Å². The number of anilines is 1. The largest absolute Gasteiger partial charge is 0.397 e. The molecule has 2 N–H and O–H groups in total. The van der Waals surface area contributed by atoms with Crippen LogP contribution in [-0.4, -0.2) is 34.1 Å². The van der Waals surface area contributed by atoms with E-state index in [9.17, 15) is 4.79 Å². The first-order valence-electron chi connectivity index (χ1n) is 6.25. The summed E-state index contributed by atoms with van der Waals surface area (Å²) in [6.45, 7) is 6.50. The lowest BCUT2D eigenvalue weighted by atomic mass is 10.1. The highest BCUT2D eigenvalue weighted by atomic mass is 32.1. The summed E-state index contributed by atoms with van der Waals surface area (Å²) in [6, 6.07) is 0. The Morgan fingerprint density at radius 2 is 2.15 bits per heavy atom. The monoisotopic (exact) mass is 288 g/mol. The molecule has 0 aliphatic rings. The Morgan fingerprint density at radius 1 is 1.45 bits per heavy atom. The van der Waals surface area contributed by atoms with E-state index in [1.54, 1.807) is 4.90 Å². The molecule has 0 radical (unpaired) electrons. The molecule has 0 atom stereocenters. The van der Waals surface area contributed by atoms with Crippen LogP contribution in [0.25, 0.3) is 10.2 Å². The van der Waals surface area contributed by atoms with Crippen molar-refractivity contribution in [3.05, 3.63) is 16.1 Å². The third-order valence-electron chi connectivity index (χ3n) is 3.28. The Kier molecular flexibility index (Phi) is 3.91. The number of carbonyl (C=O) groups excluding carboxylic acids is 1. The van der Waals surface area contributed by atoms with Crippen molar-refractivity contribution in [2.24, 2.45) is 0 Å². The van der Waals surface area contributed by atoms with Crippen LogP contribution in [0, 0.1) is 26.2 Å². The molecule has 2 heterocycles. The van der Waals surface area contributed by atoms with E-state index < -0.39 is 0 Å². The van der Waals surface area contributed by atoms with Crippen molar-refractivity contribution >= 4 is 33.1 Å². The Hall–Kier alpha value is -2.13. The summed E-state index contributed by atoms with van der Waals surface area (Å²) in [5, 5.41) is 9.01. The first-order valence-corrected chi connectivity index (χ1v) is 7.07. The highest BCUT2D eigenvalue weighted by molar-refractivity contribution is 7.21. The second kappa shape index (κ2) is 5.47. The first-order chi connectivity index (χ1) is 9.51. The number of terminal acetylenes is 1. The maximum absolute atomic E-state index is 12.5. The highest BCUT2D eigenvalue weighted by Gasteiger charge is 2.22. The van der Waals surface area contributed by atoms with Gasteiger partial charge in [0.1, 0.15) is 9.71 Å². The third-order valence-corrected chi connectivity index (χ3v) is 4.36. The van der Waals surface area contributed by atoms with Crippen molar-refractivity contribution in [1.29, 1.82) is 0 Å². The lowest BCUT2D eigenvalue weighted by Crippen LogP contribution is -2.30. The van der Waals surface area contributed by atoms with Crippen LogP contribution in [0.2, 0.25) is 0 Å². The number of nitrogens with zero attached hydrogens (tertiary/aromatic N) is 3. The normalized spacial score (nSPS) is 10.5. The summed E-state index contributed by atoms with van der Waals surface area (Å²) in [4.78, 5) is 15.2. The minimum Gasteiger partial charge on any atom is -0.397 e. The van der Waals surface area contributed by atoms with E-state index in [-0.39, 0.29) is 12.5 Å². The standard InChI is InChI=1S/C14H16N4OS/c1-5-7-18(6-2)14(19)12-11(15)10-8(3)9(4)16-17-13(10)20-12/h1H,6-7,15H2,2-4H3. The summed E-state index contributed by atoms with van der Waals surface area (Å²) in [5.74, 6) is 2.33. The predicted octanol–water partition coefficient (Wildman–Crippen LogP) is 1.99. The number of aromatic nitrogens is 2. The van der Waals surface area contributed by atoms with Gasteiger partial charge in [0.15, 0.2) is 0 Å². The average Bonchev–Trinajstić information content (AvgIpc) is 2.77. The zero-order chi connectivity index (χ0) is 14.9. The molecule has 2 aromatic heterocycles. The fourth-order valence-corrected chi connectivity index (χ4v) is 3.05. The Morgan fingerprint density at radius 3 is 2.75 bits per heavy atom. The van der Waals surface area contributed by atoms with E-state index in [1.165, 1.54) is 11.3 Å². The molecule has 0 fully saturated rings. The molecule has 6 heteroatoms. The predicted molar refractivity (Wildman–Crippen MR) is 81.7 cm³/mol. The summed E-state index contributed by atoms with van der Waals surface area (Å²) in [7, 11) is 0. The number of rotatable bonds is 3. The van der Waals surface area contributed by atoms with Crippen molar-refractivity contribution in [1.82, 2.24) is 15.1 Å². The van der Waals surface area contributed by atoms with Gasteiger partial charge < -0.3 is 10.6 Å². The Labute approximate surface area is 121 Å². The van der Waals surface area contributed by atoms with Crippen LogP contribution in [0.3, 0.4) is 0 Å². The van der Waals surface area contributed by atoms with E-state index in [0.29, 0.717) is 21.9 Å². The number of nitrogen functional groups attached to an aromatic ring is 1. The Balaban J connectivity index is 2.57. The van der Waals surface area contributed by atoms with Crippen molar-refractivity contribution in [3.8, 4) is 12.3 Å². The van der Waals surface area contributed by atoms with Gasteiger partial charge in [0.05, 0.1) is 17.9 Å². The van der Waals surface area contributed by atoms with Gasteiger partial charge in [-0.1, -0.05) is 5.92 Å². The summed E-state index contributed by atoms with van der Waals surface area (Å²) < 4.78 is 0. The minimum absolute atomic E-state index is 0.150. The van der Waals surface area contributed by atoms with Crippen LogP contribution in [0.5, 0.6) is 0 Å². The third kappa shape index (κ3) is 2.21. The first kappa shape index (κ1) is 14.3. The molecular weight excluding hydrogens is 272 g/mol. The van der Waals surface area contributed by atoms with E-state index in [0.717, 1.165) is 16.6 Å². The number of thiophene rings is 1. The second-order valence-electron chi connectivity index (χ2n) is 4.46. The molecule has 0 unspecified atom stereocenters. The number of hydrogen-bond acceptors (Lipinski definition) is 5. The molecule has 5 nitrogen and oxygen atoms in total. The molecule has 0 aliphatic heterocycles.